The number of aromatic nitrogens is 3. The topological polar surface area (TPSA) is 103 Å². The summed E-state index contributed by atoms with van der Waals surface area (Å²) in [5, 5.41) is 11.8. The van der Waals surface area contributed by atoms with Crippen molar-refractivity contribution in [3.05, 3.63) is 35.2 Å². The van der Waals surface area contributed by atoms with Crippen molar-refractivity contribution < 1.29 is 9.59 Å². The molecule has 0 saturated heterocycles. The van der Waals surface area contributed by atoms with Crippen molar-refractivity contribution in [1.29, 1.82) is 0 Å². The Bertz CT molecular complexity index is 772. The van der Waals surface area contributed by atoms with Crippen molar-refractivity contribution in [2.45, 2.75) is 45.3 Å². The van der Waals surface area contributed by atoms with Gasteiger partial charge in [0.2, 0.25) is 11.8 Å². The van der Waals surface area contributed by atoms with Crippen molar-refractivity contribution in [3.63, 3.8) is 0 Å². The number of rotatable bonds is 8. The standard InChI is InChI=1S/C17H23N5O2S/c1-4-22-15(8-7-14(18)23)20-21-17(22)25-10-16(24)19-13-6-5-11(2)12(3)9-13/h5-6,9H,4,7-8,10H2,1-3H3,(H2,18,23)(H,19,24). The molecule has 0 atom stereocenters. The van der Waals surface area contributed by atoms with Crippen molar-refractivity contribution in [2.75, 3.05) is 11.1 Å². The highest BCUT2D eigenvalue weighted by Crippen LogP contribution is 2.19. The van der Waals surface area contributed by atoms with Crippen molar-refractivity contribution in [3.8, 4) is 0 Å². The number of carbonyl (C=O) groups excluding carboxylic acids is 2. The fourth-order valence-corrected chi connectivity index (χ4v) is 3.13. The largest absolute Gasteiger partial charge is 0.370 e. The minimum Gasteiger partial charge on any atom is -0.370 e. The van der Waals surface area contributed by atoms with Crippen molar-refractivity contribution in [2.24, 2.45) is 5.73 Å². The number of carbonyl (C=O) groups is 2. The Morgan fingerprint density at radius 1 is 1.24 bits per heavy atom. The van der Waals surface area contributed by atoms with Gasteiger partial charge < -0.3 is 15.6 Å². The lowest BCUT2D eigenvalue weighted by atomic mass is 10.1. The quantitative estimate of drug-likeness (QED) is 0.701. The zero-order valence-electron chi connectivity index (χ0n) is 14.7. The zero-order chi connectivity index (χ0) is 18.4. The van der Waals surface area contributed by atoms with E-state index >= 15 is 0 Å². The first-order valence-electron chi connectivity index (χ1n) is 8.11. The second-order valence-electron chi connectivity index (χ2n) is 5.75. The summed E-state index contributed by atoms with van der Waals surface area (Å²) in [6, 6.07) is 5.83. The molecular weight excluding hydrogens is 338 g/mol. The lowest BCUT2D eigenvalue weighted by Crippen LogP contribution is -2.15. The summed E-state index contributed by atoms with van der Waals surface area (Å²) in [6.07, 6.45) is 0.682. The molecule has 0 saturated carbocycles. The summed E-state index contributed by atoms with van der Waals surface area (Å²) in [7, 11) is 0. The molecule has 1 aromatic carbocycles. The van der Waals surface area contributed by atoms with Crippen LogP contribution in [0.2, 0.25) is 0 Å². The number of hydrogen-bond donors (Lipinski definition) is 2. The van der Waals surface area contributed by atoms with Gasteiger partial charge in [0.1, 0.15) is 5.82 Å². The smallest absolute Gasteiger partial charge is 0.234 e. The number of amides is 2. The maximum absolute atomic E-state index is 12.2. The number of nitrogens with two attached hydrogens (primary N) is 1. The van der Waals surface area contributed by atoms with Gasteiger partial charge in [0.25, 0.3) is 0 Å². The van der Waals surface area contributed by atoms with Gasteiger partial charge in [0, 0.05) is 25.1 Å². The van der Waals surface area contributed by atoms with Crippen LogP contribution in [-0.4, -0.2) is 32.3 Å². The van der Waals surface area contributed by atoms with Gasteiger partial charge in [-0.15, -0.1) is 10.2 Å². The van der Waals surface area contributed by atoms with Gasteiger partial charge in [-0.25, -0.2) is 0 Å². The molecule has 8 heteroatoms. The van der Waals surface area contributed by atoms with Crippen LogP contribution in [0, 0.1) is 13.8 Å². The van der Waals surface area contributed by atoms with E-state index in [9.17, 15) is 9.59 Å². The van der Waals surface area contributed by atoms with Crippen LogP contribution >= 0.6 is 11.8 Å². The lowest BCUT2D eigenvalue weighted by molar-refractivity contribution is -0.118. The Labute approximate surface area is 151 Å². The van der Waals surface area contributed by atoms with Gasteiger partial charge in [-0.3, -0.25) is 9.59 Å². The number of thioether (sulfide) groups is 1. The average molecular weight is 361 g/mol. The van der Waals surface area contributed by atoms with E-state index in [1.807, 2.05) is 43.5 Å². The number of anilines is 1. The third-order valence-corrected chi connectivity index (χ3v) is 4.79. The summed E-state index contributed by atoms with van der Waals surface area (Å²) in [6.45, 7) is 6.68. The molecule has 2 amide bonds. The second kappa shape index (κ2) is 8.66. The Morgan fingerprint density at radius 2 is 2.00 bits per heavy atom. The molecule has 3 N–H and O–H groups in total. The minimum atomic E-state index is -0.368. The maximum Gasteiger partial charge on any atom is 0.234 e. The first-order valence-corrected chi connectivity index (χ1v) is 9.09. The lowest BCUT2D eigenvalue weighted by Gasteiger charge is -2.08. The molecule has 1 heterocycles. The molecule has 2 rings (SSSR count). The minimum absolute atomic E-state index is 0.0995. The molecule has 0 unspecified atom stereocenters. The van der Waals surface area contributed by atoms with Gasteiger partial charge in [0.15, 0.2) is 5.16 Å². The molecule has 0 aliphatic carbocycles. The number of nitrogens with one attached hydrogen (secondary N) is 1. The molecule has 0 spiro atoms. The number of benzene rings is 1. The maximum atomic E-state index is 12.2. The molecule has 0 aliphatic heterocycles. The summed E-state index contributed by atoms with van der Waals surface area (Å²) in [4.78, 5) is 23.1. The molecule has 134 valence electrons. The van der Waals surface area contributed by atoms with Gasteiger partial charge >= 0.3 is 0 Å². The van der Waals surface area contributed by atoms with E-state index in [-0.39, 0.29) is 24.0 Å². The monoisotopic (exact) mass is 361 g/mol. The Morgan fingerprint density at radius 3 is 2.64 bits per heavy atom. The van der Waals surface area contributed by atoms with E-state index in [4.69, 9.17) is 5.73 Å². The van der Waals surface area contributed by atoms with Crippen LogP contribution in [0.3, 0.4) is 0 Å². The molecule has 0 aliphatic rings. The fourth-order valence-electron chi connectivity index (χ4n) is 2.31. The Balaban J connectivity index is 1.94. The second-order valence-corrected chi connectivity index (χ2v) is 6.69. The van der Waals surface area contributed by atoms with E-state index < -0.39 is 0 Å². The third kappa shape index (κ3) is 5.32. The van der Waals surface area contributed by atoms with Gasteiger partial charge in [0.05, 0.1) is 5.75 Å². The number of hydrogen-bond acceptors (Lipinski definition) is 5. The number of nitrogens with zero attached hydrogens (tertiary/aromatic N) is 3. The highest BCUT2D eigenvalue weighted by molar-refractivity contribution is 7.99. The number of primary amides is 1. The number of aryl methyl sites for hydroxylation is 3. The van der Waals surface area contributed by atoms with Crippen LogP contribution in [0.1, 0.15) is 30.3 Å². The summed E-state index contributed by atoms with van der Waals surface area (Å²) >= 11 is 1.32. The van der Waals surface area contributed by atoms with Crippen LogP contribution in [0.25, 0.3) is 0 Å². The highest BCUT2D eigenvalue weighted by atomic mass is 32.2. The molecular formula is C17H23N5O2S. The van der Waals surface area contributed by atoms with Crippen molar-refractivity contribution >= 4 is 29.3 Å². The first-order chi connectivity index (χ1) is 11.9. The van der Waals surface area contributed by atoms with Crippen LogP contribution in [-0.2, 0) is 22.6 Å². The van der Waals surface area contributed by atoms with Gasteiger partial charge in [-0.2, -0.15) is 0 Å². The van der Waals surface area contributed by atoms with E-state index in [2.05, 4.69) is 15.5 Å². The van der Waals surface area contributed by atoms with Crippen LogP contribution in [0.4, 0.5) is 5.69 Å². The first kappa shape index (κ1) is 19.0. The molecule has 0 bridgehead atoms. The molecule has 7 nitrogen and oxygen atoms in total. The Kier molecular flexibility index (Phi) is 6.58. The van der Waals surface area contributed by atoms with Crippen LogP contribution in [0.15, 0.2) is 23.4 Å². The summed E-state index contributed by atoms with van der Waals surface area (Å²) in [5.74, 6) is 0.476. The molecule has 0 fully saturated rings. The summed E-state index contributed by atoms with van der Waals surface area (Å²) in [5.41, 5.74) is 8.28. The SMILES string of the molecule is CCn1c(CCC(N)=O)nnc1SCC(=O)Nc1ccc(C)c(C)c1. The average Bonchev–Trinajstić information content (AvgIpc) is 2.96. The van der Waals surface area contributed by atoms with E-state index in [1.54, 1.807) is 0 Å². The molecule has 0 radical (unpaired) electrons. The predicted octanol–water partition coefficient (Wildman–Crippen LogP) is 2.06. The molecule has 25 heavy (non-hydrogen) atoms. The normalized spacial score (nSPS) is 10.7. The fraction of sp³-hybridized carbons (Fsp3) is 0.412. The predicted molar refractivity (Wildman–Crippen MR) is 98.5 cm³/mol. The zero-order valence-corrected chi connectivity index (χ0v) is 15.5. The van der Waals surface area contributed by atoms with Crippen LogP contribution in [0.5, 0.6) is 0 Å². The molecule has 1 aromatic heterocycles. The van der Waals surface area contributed by atoms with Crippen LogP contribution < -0.4 is 11.1 Å². The van der Waals surface area contributed by atoms with Gasteiger partial charge in [-0.1, -0.05) is 17.8 Å². The van der Waals surface area contributed by atoms with Gasteiger partial charge in [-0.05, 0) is 44.0 Å². The Hall–Kier alpha value is -2.35. The highest BCUT2D eigenvalue weighted by Gasteiger charge is 2.14. The van der Waals surface area contributed by atoms with E-state index in [0.29, 0.717) is 23.9 Å². The van der Waals surface area contributed by atoms with E-state index in [1.165, 1.54) is 17.3 Å². The summed E-state index contributed by atoms with van der Waals surface area (Å²) < 4.78 is 1.90. The molecule has 2 aromatic rings. The van der Waals surface area contributed by atoms with E-state index in [0.717, 1.165) is 11.3 Å². The van der Waals surface area contributed by atoms with Crippen molar-refractivity contribution in [1.82, 2.24) is 14.8 Å². The third-order valence-electron chi connectivity index (χ3n) is 3.83.